The minimum Gasteiger partial charge on any atom is -0.460 e. The fraction of sp³-hybridized carbons (Fsp3) is 0.647. The summed E-state index contributed by atoms with van der Waals surface area (Å²) in [5, 5.41) is 32.6. The van der Waals surface area contributed by atoms with Crippen LogP contribution in [0.1, 0.15) is 33.3 Å². The van der Waals surface area contributed by atoms with Crippen LogP contribution < -0.4 is 10.1 Å². The van der Waals surface area contributed by atoms with Crippen molar-refractivity contribution in [3.8, 4) is 5.75 Å². The van der Waals surface area contributed by atoms with E-state index in [1.807, 2.05) is 39.0 Å². The van der Waals surface area contributed by atoms with Gasteiger partial charge in [0.2, 0.25) is 6.29 Å². The summed E-state index contributed by atoms with van der Waals surface area (Å²) in [7, 11) is 0. The minimum atomic E-state index is -1.31. The molecule has 0 amide bonds. The first-order valence-corrected chi connectivity index (χ1v) is 7.95. The zero-order valence-electron chi connectivity index (χ0n) is 14.1. The highest BCUT2D eigenvalue weighted by Crippen LogP contribution is 2.31. The summed E-state index contributed by atoms with van der Waals surface area (Å²) in [5.74, 6) is 0.532. The Hall–Kier alpha value is -1.34. The van der Waals surface area contributed by atoms with Crippen LogP contribution in [0.4, 0.5) is 5.69 Å². The predicted octanol–water partition coefficient (Wildman–Crippen LogP) is 1.28. The molecular formula is C17H27NO5. The number of ether oxygens (including phenoxy) is 2. The van der Waals surface area contributed by atoms with Crippen LogP contribution in [0.25, 0.3) is 0 Å². The van der Waals surface area contributed by atoms with Crippen LogP contribution >= 0.6 is 0 Å². The van der Waals surface area contributed by atoms with Gasteiger partial charge in [-0.2, -0.15) is 0 Å². The highest BCUT2D eigenvalue weighted by Gasteiger charge is 2.39. The Labute approximate surface area is 137 Å². The number of hydrogen-bond donors (Lipinski definition) is 4. The largest absolute Gasteiger partial charge is 0.460 e. The normalized spacial score (nSPS) is 28.5. The topological polar surface area (TPSA) is 91.2 Å². The van der Waals surface area contributed by atoms with Crippen LogP contribution in [0, 0.1) is 0 Å². The van der Waals surface area contributed by atoms with Gasteiger partial charge < -0.3 is 30.1 Å². The third-order valence-electron chi connectivity index (χ3n) is 3.66. The van der Waals surface area contributed by atoms with Gasteiger partial charge in [-0.15, -0.1) is 0 Å². The van der Waals surface area contributed by atoms with Crippen molar-refractivity contribution in [3.05, 3.63) is 23.8 Å². The van der Waals surface area contributed by atoms with Gasteiger partial charge in [0.25, 0.3) is 0 Å². The quantitative estimate of drug-likeness (QED) is 0.667. The smallest absolute Gasteiger partial charge is 0.228 e. The molecule has 1 heterocycles. The minimum absolute atomic E-state index is 0.0853. The molecule has 0 aliphatic carbocycles. The lowest BCUT2D eigenvalue weighted by molar-refractivity contribution is -0.241. The maximum atomic E-state index is 10.0. The molecule has 6 nitrogen and oxygen atoms in total. The molecule has 0 radical (unpaired) electrons. The van der Waals surface area contributed by atoms with Crippen LogP contribution in [0.5, 0.6) is 5.75 Å². The van der Waals surface area contributed by atoms with Gasteiger partial charge in [-0.05, 0) is 44.9 Å². The molecule has 6 heteroatoms. The summed E-state index contributed by atoms with van der Waals surface area (Å²) < 4.78 is 11.1. The molecule has 0 saturated carbocycles. The Balaban J connectivity index is 2.21. The zero-order chi connectivity index (χ0) is 17.2. The van der Waals surface area contributed by atoms with Crippen LogP contribution in [-0.2, 0) is 11.2 Å². The van der Waals surface area contributed by atoms with Gasteiger partial charge in [-0.1, -0.05) is 13.0 Å². The van der Waals surface area contributed by atoms with E-state index >= 15 is 0 Å². The van der Waals surface area contributed by atoms with E-state index in [9.17, 15) is 15.3 Å². The molecule has 4 atom stereocenters. The molecule has 0 bridgehead atoms. The number of aliphatic hydroxyl groups excluding tert-OH is 3. The third kappa shape index (κ3) is 4.57. The number of anilines is 1. The Morgan fingerprint density at radius 2 is 1.91 bits per heavy atom. The average Bonchev–Trinajstić information content (AvgIpc) is 2.47. The first-order valence-electron chi connectivity index (χ1n) is 7.95. The van der Waals surface area contributed by atoms with Gasteiger partial charge in [-0.3, -0.25) is 0 Å². The van der Waals surface area contributed by atoms with Crippen molar-refractivity contribution in [3.63, 3.8) is 0 Å². The maximum absolute atomic E-state index is 10.0. The number of rotatable bonds is 4. The van der Waals surface area contributed by atoms with E-state index in [0.717, 1.165) is 17.7 Å². The number of nitrogens with one attached hydrogen (secondary N) is 1. The lowest BCUT2D eigenvalue weighted by Gasteiger charge is -2.35. The van der Waals surface area contributed by atoms with Gasteiger partial charge in [0, 0.05) is 5.54 Å². The lowest BCUT2D eigenvalue weighted by Crippen LogP contribution is -2.54. The molecule has 1 unspecified atom stereocenters. The summed E-state index contributed by atoms with van der Waals surface area (Å²) in [5.41, 5.74) is 1.80. The Kier molecular flexibility index (Phi) is 5.52. The molecule has 1 fully saturated rings. The second-order valence-electron chi connectivity index (χ2n) is 6.93. The van der Waals surface area contributed by atoms with Crippen molar-refractivity contribution < 1.29 is 24.8 Å². The van der Waals surface area contributed by atoms with Crippen molar-refractivity contribution in [2.45, 2.75) is 64.3 Å². The van der Waals surface area contributed by atoms with Crippen molar-refractivity contribution in [1.82, 2.24) is 0 Å². The predicted molar refractivity (Wildman–Crippen MR) is 87.6 cm³/mol. The van der Waals surface area contributed by atoms with E-state index in [-0.39, 0.29) is 12.1 Å². The van der Waals surface area contributed by atoms with Crippen molar-refractivity contribution in [2.75, 3.05) is 11.9 Å². The molecule has 0 aromatic heterocycles. The van der Waals surface area contributed by atoms with Crippen molar-refractivity contribution >= 4 is 5.69 Å². The Morgan fingerprint density at radius 3 is 2.52 bits per heavy atom. The van der Waals surface area contributed by atoms with Gasteiger partial charge in [0.05, 0.1) is 12.3 Å². The Bertz CT molecular complexity index is 528. The summed E-state index contributed by atoms with van der Waals surface area (Å²) in [4.78, 5) is 0. The monoisotopic (exact) mass is 325 g/mol. The van der Waals surface area contributed by atoms with Crippen molar-refractivity contribution in [1.29, 1.82) is 0 Å². The zero-order valence-corrected chi connectivity index (χ0v) is 14.1. The SMILES string of the molecule is CCc1ccc(O[C@@H]2OC[C@@H](O)C(O)[C@@H]2O)c(NC(C)(C)C)c1. The summed E-state index contributed by atoms with van der Waals surface area (Å²) in [6, 6.07) is 5.77. The third-order valence-corrected chi connectivity index (χ3v) is 3.66. The molecule has 1 aliphatic heterocycles. The molecule has 4 N–H and O–H groups in total. The van der Waals surface area contributed by atoms with E-state index in [0.29, 0.717) is 5.75 Å². The molecule has 0 spiro atoms. The van der Waals surface area contributed by atoms with Gasteiger partial charge >= 0.3 is 0 Å². The second-order valence-corrected chi connectivity index (χ2v) is 6.93. The van der Waals surface area contributed by atoms with E-state index < -0.39 is 24.6 Å². The van der Waals surface area contributed by atoms with Crippen LogP contribution in [0.15, 0.2) is 18.2 Å². The molecule has 130 valence electrons. The Morgan fingerprint density at radius 1 is 1.22 bits per heavy atom. The lowest BCUT2D eigenvalue weighted by atomic mass is 10.0. The maximum Gasteiger partial charge on any atom is 0.228 e. The molecule has 1 aromatic rings. The van der Waals surface area contributed by atoms with Gasteiger partial charge in [0.1, 0.15) is 24.1 Å². The van der Waals surface area contributed by atoms with Gasteiger partial charge in [0.15, 0.2) is 0 Å². The van der Waals surface area contributed by atoms with Crippen LogP contribution in [0.3, 0.4) is 0 Å². The summed E-state index contributed by atoms with van der Waals surface area (Å²) in [6.07, 6.45) is -3.84. The van der Waals surface area contributed by atoms with Crippen LogP contribution in [0.2, 0.25) is 0 Å². The van der Waals surface area contributed by atoms with Crippen LogP contribution in [-0.4, -0.2) is 52.1 Å². The highest BCUT2D eigenvalue weighted by atomic mass is 16.7. The number of aryl methyl sites for hydroxylation is 1. The fourth-order valence-corrected chi connectivity index (χ4v) is 2.41. The first kappa shape index (κ1) is 18.0. The van der Waals surface area contributed by atoms with E-state index in [4.69, 9.17) is 9.47 Å². The molecule has 2 rings (SSSR count). The van der Waals surface area contributed by atoms with Crippen molar-refractivity contribution in [2.24, 2.45) is 0 Å². The standard InChI is InChI=1S/C17H27NO5/c1-5-10-6-7-13(11(8-10)18-17(2,3)4)23-16-15(21)14(20)12(19)9-22-16/h6-8,12,14-16,18-21H,5,9H2,1-4H3/t12-,14?,15+,16+/m1/s1. The highest BCUT2D eigenvalue weighted by molar-refractivity contribution is 5.59. The van der Waals surface area contributed by atoms with E-state index in [1.165, 1.54) is 0 Å². The molecular weight excluding hydrogens is 298 g/mol. The number of benzene rings is 1. The summed E-state index contributed by atoms with van der Waals surface area (Å²) >= 11 is 0. The number of hydrogen-bond acceptors (Lipinski definition) is 6. The molecule has 1 saturated heterocycles. The van der Waals surface area contributed by atoms with Gasteiger partial charge in [-0.25, -0.2) is 0 Å². The molecule has 1 aromatic carbocycles. The second kappa shape index (κ2) is 7.05. The first-order chi connectivity index (χ1) is 10.7. The fourth-order valence-electron chi connectivity index (χ4n) is 2.41. The summed E-state index contributed by atoms with van der Waals surface area (Å²) in [6.45, 7) is 8.12. The average molecular weight is 325 g/mol. The molecule has 1 aliphatic rings. The van der Waals surface area contributed by atoms with E-state index in [1.54, 1.807) is 0 Å². The number of aliphatic hydroxyl groups is 3. The van der Waals surface area contributed by atoms with E-state index in [2.05, 4.69) is 12.2 Å². The molecule has 23 heavy (non-hydrogen) atoms.